The highest BCUT2D eigenvalue weighted by molar-refractivity contribution is 5.93. The number of aromatic nitrogens is 4. The number of aryl methyl sites for hydroxylation is 1. The number of hydrogen-bond acceptors (Lipinski definition) is 6. The first-order chi connectivity index (χ1) is 15.1. The molecule has 8 heteroatoms. The Morgan fingerprint density at radius 3 is 2.81 bits per heavy atom. The smallest absolute Gasteiger partial charge is 0.228 e. The molecule has 0 unspecified atom stereocenters. The zero-order chi connectivity index (χ0) is 21.8. The Morgan fingerprint density at radius 2 is 2.13 bits per heavy atom. The minimum Gasteiger partial charge on any atom is -0.494 e. The van der Waals surface area contributed by atoms with Gasteiger partial charge in [0.25, 0.3) is 0 Å². The molecule has 31 heavy (non-hydrogen) atoms. The van der Waals surface area contributed by atoms with Crippen molar-refractivity contribution in [3.8, 4) is 29.0 Å². The topological polar surface area (TPSA) is 94.0 Å². The van der Waals surface area contributed by atoms with Crippen molar-refractivity contribution in [2.75, 3.05) is 17.7 Å². The van der Waals surface area contributed by atoms with Crippen LogP contribution in [0, 0.1) is 17.8 Å². The third-order valence-electron chi connectivity index (χ3n) is 4.97. The largest absolute Gasteiger partial charge is 0.494 e. The van der Waals surface area contributed by atoms with Gasteiger partial charge in [0.1, 0.15) is 12.1 Å². The number of methoxy groups -OCH3 is 1. The number of para-hydroxylation sites is 1. The van der Waals surface area contributed by atoms with Crippen molar-refractivity contribution in [3.63, 3.8) is 0 Å². The van der Waals surface area contributed by atoms with E-state index < -0.39 is 0 Å². The SMILES string of the molecule is CC#CCc1cnc(NC(=O)C2CC2)cc1Nc1cccc(-c2ncn(C)n2)c1OC. The molecule has 2 aromatic heterocycles. The minimum absolute atomic E-state index is 0.0142. The molecule has 0 saturated heterocycles. The molecule has 1 amide bonds. The molecule has 1 aromatic carbocycles. The second-order valence-electron chi connectivity index (χ2n) is 7.35. The number of pyridine rings is 1. The molecule has 8 nitrogen and oxygen atoms in total. The number of amides is 1. The molecule has 0 bridgehead atoms. The second kappa shape index (κ2) is 8.88. The summed E-state index contributed by atoms with van der Waals surface area (Å²) in [5.41, 5.74) is 3.25. The summed E-state index contributed by atoms with van der Waals surface area (Å²) < 4.78 is 7.35. The summed E-state index contributed by atoms with van der Waals surface area (Å²) in [5.74, 6) is 7.82. The molecule has 0 aliphatic heterocycles. The Morgan fingerprint density at radius 1 is 1.29 bits per heavy atom. The maximum absolute atomic E-state index is 12.2. The maximum Gasteiger partial charge on any atom is 0.228 e. The third kappa shape index (κ3) is 4.67. The predicted octanol–water partition coefficient (Wildman–Crippen LogP) is 3.54. The lowest BCUT2D eigenvalue weighted by atomic mass is 10.1. The average Bonchev–Trinajstić information content (AvgIpc) is 3.54. The van der Waals surface area contributed by atoms with Gasteiger partial charge in [0.15, 0.2) is 11.6 Å². The molecule has 2 N–H and O–H groups in total. The average molecular weight is 416 g/mol. The highest BCUT2D eigenvalue weighted by atomic mass is 16.5. The molecule has 4 rings (SSSR count). The summed E-state index contributed by atoms with van der Waals surface area (Å²) >= 11 is 0. The molecule has 1 fully saturated rings. The van der Waals surface area contributed by atoms with E-state index in [0.29, 0.717) is 23.8 Å². The first kappa shape index (κ1) is 20.4. The fourth-order valence-corrected chi connectivity index (χ4v) is 3.21. The summed E-state index contributed by atoms with van der Waals surface area (Å²) in [6.45, 7) is 1.80. The van der Waals surface area contributed by atoms with E-state index in [1.807, 2.05) is 31.3 Å². The molecule has 1 aliphatic rings. The van der Waals surface area contributed by atoms with Crippen molar-refractivity contribution >= 4 is 23.1 Å². The van der Waals surface area contributed by atoms with Gasteiger partial charge < -0.3 is 15.4 Å². The fourth-order valence-electron chi connectivity index (χ4n) is 3.21. The molecule has 0 radical (unpaired) electrons. The molecule has 158 valence electrons. The summed E-state index contributed by atoms with van der Waals surface area (Å²) in [6, 6.07) is 7.58. The van der Waals surface area contributed by atoms with Gasteiger partial charge in [-0.25, -0.2) is 9.97 Å². The van der Waals surface area contributed by atoms with Crippen LogP contribution in [0.3, 0.4) is 0 Å². The van der Waals surface area contributed by atoms with Crippen LogP contribution in [-0.2, 0) is 18.3 Å². The Bertz CT molecular complexity index is 1170. The maximum atomic E-state index is 12.2. The van der Waals surface area contributed by atoms with Crippen molar-refractivity contribution in [1.82, 2.24) is 19.7 Å². The van der Waals surface area contributed by atoms with Gasteiger partial charge in [-0.1, -0.05) is 12.0 Å². The quantitative estimate of drug-likeness (QED) is 0.572. The Balaban J connectivity index is 1.69. The summed E-state index contributed by atoms with van der Waals surface area (Å²) in [4.78, 5) is 20.9. The van der Waals surface area contributed by atoms with E-state index in [1.54, 1.807) is 31.2 Å². The summed E-state index contributed by atoms with van der Waals surface area (Å²) in [7, 11) is 3.44. The normalized spacial score (nSPS) is 12.6. The van der Waals surface area contributed by atoms with Crippen LogP contribution in [-0.4, -0.2) is 32.8 Å². The fraction of sp³-hybridized carbons (Fsp3) is 0.304. The highest BCUT2D eigenvalue weighted by Crippen LogP contribution is 2.37. The molecule has 0 spiro atoms. The van der Waals surface area contributed by atoms with Crippen molar-refractivity contribution < 1.29 is 9.53 Å². The number of carbonyl (C=O) groups is 1. The predicted molar refractivity (Wildman–Crippen MR) is 119 cm³/mol. The van der Waals surface area contributed by atoms with Gasteiger partial charge in [0, 0.05) is 42.9 Å². The molecule has 3 aromatic rings. The number of nitrogens with zero attached hydrogens (tertiary/aromatic N) is 4. The number of hydrogen-bond donors (Lipinski definition) is 2. The van der Waals surface area contributed by atoms with E-state index in [0.717, 1.165) is 35.3 Å². The van der Waals surface area contributed by atoms with Gasteiger partial charge in [-0.3, -0.25) is 9.48 Å². The summed E-state index contributed by atoms with van der Waals surface area (Å²) in [6.07, 6.45) is 5.80. The van der Waals surface area contributed by atoms with Crippen molar-refractivity contribution in [3.05, 3.63) is 42.4 Å². The Labute approximate surface area is 181 Å². The van der Waals surface area contributed by atoms with E-state index >= 15 is 0 Å². The lowest BCUT2D eigenvalue weighted by Gasteiger charge is -2.16. The minimum atomic E-state index is 0.0142. The molecule has 1 saturated carbocycles. The Hall–Kier alpha value is -3.86. The van der Waals surface area contributed by atoms with E-state index in [9.17, 15) is 4.79 Å². The van der Waals surface area contributed by atoms with Crippen LogP contribution in [0.4, 0.5) is 17.2 Å². The van der Waals surface area contributed by atoms with Crippen LogP contribution in [0.15, 0.2) is 36.8 Å². The lowest BCUT2D eigenvalue weighted by Crippen LogP contribution is -2.14. The van der Waals surface area contributed by atoms with Crippen molar-refractivity contribution in [2.45, 2.75) is 26.2 Å². The molecular formula is C23H24N6O2. The van der Waals surface area contributed by atoms with E-state index in [4.69, 9.17) is 4.74 Å². The van der Waals surface area contributed by atoms with Gasteiger partial charge in [0.05, 0.1) is 18.4 Å². The first-order valence-electron chi connectivity index (χ1n) is 10.1. The zero-order valence-electron chi connectivity index (χ0n) is 17.8. The van der Waals surface area contributed by atoms with E-state index in [2.05, 4.69) is 37.5 Å². The molecular weight excluding hydrogens is 392 g/mol. The first-order valence-corrected chi connectivity index (χ1v) is 10.1. The monoisotopic (exact) mass is 416 g/mol. The second-order valence-corrected chi connectivity index (χ2v) is 7.35. The number of rotatable bonds is 7. The van der Waals surface area contributed by atoms with Crippen LogP contribution in [0.1, 0.15) is 25.3 Å². The number of carbonyl (C=O) groups excluding carboxylic acids is 1. The van der Waals surface area contributed by atoms with Crippen LogP contribution in [0.25, 0.3) is 11.4 Å². The summed E-state index contributed by atoms with van der Waals surface area (Å²) in [5, 5.41) is 10.7. The van der Waals surface area contributed by atoms with Crippen LogP contribution in [0.5, 0.6) is 5.75 Å². The highest BCUT2D eigenvalue weighted by Gasteiger charge is 2.30. The van der Waals surface area contributed by atoms with Gasteiger partial charge in [-0.15, -0.1) is 5.92 Å². The number of nitrogens with one attached hydrogen (secondary N) is 2. The van der Waals surface area contributed by atoms with Gasteiger partial charge >= 0.3 is 0 Å². The molecule has 2 heterocycles. The van der Waals surface area contributed by atoms with Crippen LogP contribution < -0.4 is 15.4 Å². The van der Waals surface area contributed by atoms with E-state index in [-0.39, 0.29) is 11.8 Å². The number of ether oxygens (including phenoxy) is 1. The Kier molecular flexibility index (Phi) is 5.85. The zero-order valence-corrected chi connectivity index (χ0v) is 17.8. The third-order valence-corrected chi connectivity index (χ3v) is 4.97. The number of benzene rings is 1. The number of anilines is 3. The van der Waals surface area contributed by atoms with Gasteiger partial charge in [-0.05, 0) is 31.9 Å². The van der Waals surface area contributed by atoms with Gasteiger partial charge in [0.2, 0.25) is 5.91 Å². The van der Waals surface area contributed by atoms with E-state index in [1.165, 1.54) is 0 Å². The van der Waals surface area contributed by atoms with Crippen molar-refractivity contribution in [2.24, 2.45) is 13.0 Å². The van der Waals surface area contributed by atoms with Gasteiger partial charge in [-0.2, -0.15) is 5.10 Å². The molecule has 1 aliphatic carbocycles. The van der Waals surface area contributed by atoms with Crippen LogP contribution in [0.2, 0.25) is 0 Å². The van der Waals surface area contributed by atoms with Crippen molar-refractivity contribution in [1.29, 1.82) is 0 Å². The lowest BCUT2D eigenvalue weighted by molar-refractivity contribution is -0.117. The molecule has 0 atom stereocenters. The standard InChI is InChI=1S/C23H24N6O2/c1-4-5-7-16-13-24-20(27-23(30)15-10-11-15)12-19(16)26-18-9-6-8-17(21(18)31-3)22-25-14-29(2)28-22/h6,8-9,12-15H,7,10-11H2,1-3H3,(H2,24,26,27,30). The van der Waals surface area contributed by atoms with Crippen LogP contribution >= 0.6 is 0 Å².